The van der Waals surface area contributed by atoms with Crippen LogP contribution in [-0.2, 0) is 16.0 Å². The molecule has 2 aromatic rings. The zero-order chi connectivity index (χ0) is 17.3. The van der Waals surface area contributed by atoms with E-state index < -0.39 is 12.1 Å². The highest BCUT2D eigenvalue weighted by molar-refractivity contribution is 6.00. The second-order valence-electron chi connectivity index (χ2n) is 6.23. The maximum absolute atomic E-state index is 12.7. The lowest BCUT2D eigenvalue weighted by Crippen LogP contribution is -2.39. The van der Waals surface area contributed by atoms with Gasteiger partial charge in [0.15, 0.2) is 6.10 Å². The van der Waals surface area contributed by atoms with E-state index in [2.05, 4.69) is 0 Å². The fourth-order valence-corrected chi connectivity index (χ4v) is 3.02. The van der Waals surface area contributed by atoms with Crippen molar-refractivity contribution in [2.75, 3.05) is 11.4 Å². The molecule has 1 heterocycles. The number of rotatable bonds is 3. The first-order valence-corrected chi connectivity index (χ1v) is 8.15. The van der Waals surface area contributed by atoms with Crippen LogP contribution >= 0.6 is 0 Å². The van der Waals surface area contributed by atoms with Crippen molar-refractivity contribution >= 4 is 17.6 Å². The minimum absolute atomic E-state index is 0.182. The Morgan fingerprint density at radius 2 is 1.88 bits per heavy atom. The summed E-state index contributed by atoms with van der Waals surface area (Å²) in [5, 5.41) is 0. The fourth-order valence-electron chi connectivity index (χ4n) is 3.02. The maximum Gasteiger partial charge on any atom is 0.339 e. The number of benzene rings is 2. The van der Waals surface area contributed by atoms with Gasteiger partial charge in [-0.3, -0.25) is 4.79 Å². The molecule has 4 nitrogen and oxygen atoms in total. The van der Waals surface area contributed by atoms with Crippen molar-refractivity contribution in [1.29, 1.82) is 0 Å². The van der Waals surface area contributed by atoms with Gasteiger partial charge in [0, 0.05) is 12.2 Å². The summed E-state index contributed by atoms with van der Waals surface area (Å²) in [7, 11) is 0. The van der Waals surface area contributed by atoms with E-state index in [1.807, 2.05) is 50.2 Å². The van der Waals surface area contributed by atoms with E-state index in [-0.39, 0.29) is 5.91 Å². The van der Waals surface area contributed by atoms with E-state index in [1.54, 1.807) is 17.9 Å². The monoisotopic (exact) mass is 323 g/mol. The third-order valence-electron chi connectivity index (χ3n) is 4.40. The lowest BCUT2D eigenvalue weighted by Gasteiger charge is -2.22. The van der Waals surface area contributed by atoms with Crippen LogP contribution in [0.15, 0.2) is 42.5 Å². The van der Waals surface area contributed by atoms with Gasteiger partial charge in [0.25, 0.3) is 5.91 Å². The molecule has 1 aliphatic heterocycles. The summed E-state index contributed by atoms with van der Waals surface area (Å²) in [4.78, 5) is 26.8. The van der Waals surface area contributed by atoms with Crippen LogP contribution in [0.25, 0.3) is 0 Å². The summed E-state index contributed by atoms with van der Waals surface area (Å²) in [5.41, 5.74) is 4.41. The van der Waals surface area contributed by atoms with Gasteiger partial charge in [0.1, 0.15) is 0 Å². The number of hydrogen-bond acceptors (Lipinski definition) is 3. The van der Waals surface area contributed by atoms with Crippen LogP contribution in [-0.4, -0.2) is 24.5 Å². The highest BCUT2D eigenvalue weighted by atomic mass is 16.5. The van der Waals surface area contributed by atoms with Gasteiger partial charge in [0.2, 0.25) is 0 Å². The molecular weight excluding hydrogens is 302 g/mol. The number of ether oxygens (including phenoxy) is 1. The van der Waals surface area contributed by atoms with Gasteiger partial charge in [-0.05, 0) is 50.5 Å². The van der Waals surface area contributed by atoms with E-state index in [0.29, 0.717) is 12.1 Å². The van der Waals surface area contributed by atoms with Crippen molar-refractivity contribution in [3.8, 4) is 0 Å². The molecule has 0 saturated carbocycles. The molecule has 1 amide bonds. The fraction of sp³-hybridized carbons (Fsp3) is 0.300. The molecule has 0 bridgehead atoms. The molecule has 0 aliphatic carbocycles. The normalized spacial score (nSPS) is 14.2. The van der Waals surface area contributed by atoms with Crippen molar-refractivity contribution in [2.24, 2.45) is 0 Å². The van der Waals surface area contributed by atoms with Crippen molar-refractivity contribution in [3.05, 3.63) is 64.7 Å². The predicted molar refractivity (Wildman–Crippen MR) is 93.3 cm³/mol. The predicted octanol–water partition coefficient (Wildman–Crippen LogP) is 3.44. The van der Waals surface area contributed by atoms with Crippen LogP contribution in [0.2, 0.25) is 0 Å². The lowest BCUT2D eigenvalue weighted by atomic mass is 10.1. The first-order chi connectivity index (χ1) is 11.5. The molecule has 1 atom stereocenters. The molecule has 0 N–H and O–H groups in total. The minimum atomic E-state index is -0.816. The quantitative estimate of drug-likeness (QED) is 0.813. The Balaban J connectivity index is 1.73. The topological polar surface area (TPSA) is 46.6 Å². The molecule has 0 radical (unpaired) electrons. The molecular formula is C20H21NO3. The average molecular weight is 323 g/mol. The lowest BCUT2D eigenvalue weighted by molar-refractivity contribution is -0.126. The summed E-state index contributed by atoms with van der Waals surface area (Å²) < 4.78 is 5.43. The second-order valence-corrected chi connectivity index (χ2v) is 6.23. The third kappa shape index (κ3) is 3.04. The number of aryl methyl sites for hydroxylation is 2. The summed E-state index contributed by atoms with van der Waals surface area (Å²) in [6.07, 6.45) is 0.0168. The number of anilines is 1. The molecule has 0 fully saturated rings. The summed E-state index contributed by atoms with van der Waals surface area (Å²) in [6.45, 7) is 6.04. The van der Waals surface area contributed by atoms with Gasteiger partial charge in [-0.1, -0.05) is 35.9 Å². The van der Waals surface area contributed by atoms with E-state index >= 15 is 0 Å². The van der Waals surface area contributed by atoms with Crippen LogP contribution < -0.4 is 4.90 Å². The molecule has 0 saturated heterocycles. The number of nitrogens with zero attached hydrogens (tertiary/aromatic N) is 1. The van der Waals surface area contributed by atoms with Gasteiger partial charge < -0.3 is 9.64 Å². The Labute approximate surface area is 142 Å². The Kier molecular flexibility index (Phi) is 4.38. The number of carbonyl (C=O) groups excluding carboxylic acids is 2. The molecule has 124 valence electrons. The third-order valence-corrected chi connectivity index (χ3v) is 4.40. The van der Waals surface area contributed by atoms with Crippen LogP contribution in [0, 0.1) is 13.8 Å². The van der Waals surface area contributed by atoms with E-state index in [1.165, 1.54) is 0 Å². The maximum atomic E-state index is 12.7. The SMILES string of the molecule is Cc1ccc(C)c(C(=O)O[C@@H](C)C(=O)N2CCc3ccccc32)c1. The van der Waals surface area contributed by atoms with E-state index in [0.717, 1.165) is 28.8 Å². The zero-order valence-corrected chi connectivity index (χ0v) is 14.2. The van der Waals surface area contributed by atoms with Gasteiger partial charge in [-0.25, -0.2) is 4.79 Å². The Hall–Kier alpha value is -2.62. The highest BCUT2D eigenvalue weighted by Gasteiger charge is 2.30. The van der Waals surface area contributed by atoms with Crippen molar-refractivity contribution in [3.63, 3.8) is 0 Å². The minimum Gasteiger partial charge on any atom is -0.449 e. The van der Waals surface area contributed by atoms with Gasteiger partial charge in [-0.2, -0.15) is 0 Å². The van der Waals surface area contributed by atoms with E-state index in [4.69, 9.17) is 4.74 Å². The smallest absolute Gasteiger partial charge is 0.339 e. The Morgan fingerprint density at radius 1 is 1.12 bits per heavy atom. The molecule has 3 rings (SSSR count). The van der Waals surface area contributed by atoms with Gasteiger partial charge >= 0.3 is 5.97 Å². The van der Waals surface area contributed by atoms with Crippen LogP contribution in [0.4, 0.5) is 5.69 Å². The number of para-hydroxylation sites is 1. The first kappa shape index (κ1) is 16.2. The van der Waals surface area contributed by atoms with Crippen molar-refractivity contribution < 1.29 is 14.3 Å². The van der Waals surface area contributed by atoms with E-state index in [9.17, 15) is 9.59 Å². The summed E-state index contributed by atoms with van der Waals surface area (Å²) >= 11 is 0. The standard InChI is InChI=1S/C20H21NO3/c1-13-8-9-14(2)17(12-13)20(23)24-15(3)19(22)21-11-10-16-6-4-5-7-18(16)21/h4-9,12,15H,10-11H2,1-3H3/t15-/m0/s1. The zero-order valence-electron chi connectivity index (χ0n) is 14.2. The molecule has 2 aromatic carbocycles. The van der Waals surface area contributed by atoms with Crippen LogP contribution in [0.1, 0.15) is 34.0 Å². The van der Waals surface area contributed by atoms with Crippen LogP contribution in [0.5, 0.6) is 0 Å². The largest absolute Gasteiger partial charge is 0.449 e. The molecule has 0 unspecified atom stereocenters. The van der Waals surface area contributed by atoms with Crippen molar-refractivity contribution in [2.45, 2.75) is 33.3 Å². The number of hydrogen-bond donors (Lipinski definition) is 0. The number of fused-ring (bicyclic) bond motifs is 1. The molecule has 24 heavy (non-hydrogen) atoms. The summed E-state index contributed by atoms with van der Waals surface area (Å²) in [6, 6.07) is 13.5. The Bertz CT molecular complexity index is 797. The molecule has 4 heteroatoms. The highest BCUT2D eigenvalue weighted by Crippen LogP contribution is 2.28. The number of amides is 1. The first-order valence-electron chi connectivity index (χ1n) is 8.15. The Morgan fingerprint density at radius 3 is 2.67 bits per heavy atom. The molecule has 0 spiro atoms. The number of carbonyl (C=O) groups is 2. The molecule has 0 aromatic heterocycles. The van der Waals surface area contributed by atoms with Crippen molar-refractivity contribution in [1.82, 2.24) is 0 Å². The second kappa shape index (κ2) is 6.48. The average Bonchev–Trinajstić information content (AvgIpc) is 3.00. The van der Waals surface area contributed by atoms with Crippen LogP contribution in [0.3, 0.4) is 0 Å². The summed E-state index contributed by atoms with van der Waals surface area (Å²) in [5.74, 6) is -0.636. The number of esters is 1. The van der Waals surface area contributed by atoms with Gasteiger partial charge in [-0.15, -0.1) is 0 Å². The van der Waals surface area contributed by atoms with Gasteiger partial charge in [0.05, 0.1) is 5.56 Å². The molecule has 1 aliphatic rings.